The SMILES string of the molecule is COc1ccc(-c2ccc(F)cc2)c2c1OCC(CNCc1ccccn1)C2. The number of nitrogens with one attached hydrogen (secondary N) is 1. The minimum Gasteiger partial charge on any atom is -0.493 e. The Morgan fingerprint density at radius 1 is 1.14 bits per heavy atom. The Hall–Kier alpha value is -2.92. The zero-order valence-electron chi connectivity index (χ0n) is 15.8. The van der Waals surface area contributed by atoms with E-state index >= 15 is 0 Å². The number of rotatable bonds is 6. The molecule has 4 rings (SSSR count). The van der Waals surface area contributed by atoms with Crippen molar-refractivity contribution in [1.82, 2.24) is 10.3 Å². The van der Waals surface area contributed by atoms with E-state index < -0.39 is 0 Å². The monoisotopic (exact) mass is 378 g/mol. The van der Waals surface area contributed by atoms with E-state index in [-0.39, 0.29) is 5.82 Å². The van der Waals surface area contributed by atoms with Crippen molar-refractivity contribution in [1.29, 1.82) is 0 Å². The van der Waals surface area contributed by atoms with Crippen LogP contribution in [0.2, 0.25) is 0 Å². The first-order valence-corrected chi connectivity index (χ1v) is 9.44. The van der Waals surface area contributed by atoms with Gasteiger partial charge in [0.1, 0.15) is 5.82 Å². The summed E-state index contributed by atoms with van der Waals surface area (Å²) in [5.41, 5.74) is 4.17. The second kappa shape index (κ2) is 8.40. The highest BCUT2D eigenvalue weighted by Gasteiger charge is 2.26. The summed E-state index contributed by atoms with van der Waals surface area (Å²) in [5, 5.41) is 3.47. The maximum Gasteiger partial charge on any atom is 0.164 e. The zero-order chi connectivity index (χ0) is 19.3. The number of fused-ring (bicyclic) bond motifs is 1. The molecule has 0 amide bonds. The number of hydrogen-bond donors (Lipinski definition) is 1. The fourth-order valence-electron chi connectivity index (χ4n) is 3.61. The lowest BCUT2D eigenvalue weighted by Gasteiger charge is -2.28. The van der Waals surface area contributed by atoms with E-state index in [0.717, 1.165) is 53.4 Å². The highest BCUT2D eigenvalue weighted by atomic mass is 19.1. The molecule has 0 spiro atoms. The molecule has 0 fully saturated rings. The van der Waals surface area contributed by atoms with Gasteiger partial charge in [-0.2, -0.15) is 0 Å². The van der Waals surface area contributed by atoms with Crippen LogP contribution in [0.1, 0.15) is 11.3 Å². The molecule has 2 heterocycles. The molecule has 5 heteroatoms. The Balaban J connectivity index is 1.53. The highest BCUT2D eigenvalue weighted by Crippen LogP contribution is 2.42. The smallest absolute Gasteiger partial charge is 0.164 e. The minimum atomic E-state index is -0.237. The van der Waals surface area contributed by atoms with Crippen LogP contribution in [0.5, 0.6) is 11.5 Å². The van der Waals surface area contributed by atoms with E-state index in [9.17, 15) is 4.39 Å². The number of ether oxygens (including phenoxy) is 2. The number of methoxy groups -OCH3 is 1. The molecule has 144 valence electrons. The maximum absolute atomic E-state index is 13.3. The van der Waals surface area contributed by atoms with Crippen LogP contribution in [-0.2, 0) is 13.0 Å². The summed E-state index contributed by atoms with van der Waals surface area (Å²) in [4.78, 5) is 4.34. The third-order valence-electron chi connectivity index (χ3n) is 5.02. The third kappa shape index (κ3) is 3.99. The molecule has 0 radical (unpaired) electrons. The van der Waals surface area contributed by atoms with Crippen LogP contribution in [0.25, 0.3) is 11.1 Å². The van der Waals surface area contributed by atoms with Crippen LogP contribution in [0, 0.1) is 11.7 Å². The van der Waals surface area contributed by atoms with E-state index in [1.54, 1.807) is 25.4 Å². The van der Waals surface area contributed by atoms with Gasteiger partial charge in [-0.05, 0) is 47.9 Å². The number of aromatic nitrogens is 1. The molecule has 1 aliphatic rings. The average Bonchev–Trinajstić information content (AvgIpc) is 2.74. The van der Waals surface area contributed by atoms with Gasteiger partial charge in [-0.1, -0.05) is 24.3 Å². The Kier molecular flexibility index (Phi) is 5.53. The number of nitrogens with zero attached hydrogens (tertiary/aromatic N) is 1. The van der Waals surface area contributed by atoms with E-state index in [0.29, 0.717) is 12.5 Å². The molecule has 1 N–H and O–H groups in total. The van der Waals surface area contributed by atoms with Crippen molar-refractivity contribution < 1.29 is 13.9 Å². The third-order valence-corrected chi connectivity index (χ3v) is 5.02. The van der Waals surface area contributed by atoms with E-state index in [4.69, 9.17) is 9.47 Å². The van der Waals surface area contributed by atoms with Crippen LogP contribution in [0.3, 0.4) is 0 Å². The fourth-order valence-corrected chi connectivity index (χ4v) is 3.61. The summed E-state index contributed by atoms with van der Waals surface area (Å²) in [6.07, 6.45) is 2.67. The molecule has 0 aliphatic carbocycles. The van der Waals surface area contributed by atoms with Crippen molar-refractivity contribution >= 4 is 0 Å². The Morgan fingerprint density at radius 3 is 2.75 bits per heavy atom. The predicted molar refractivity (Wildman–Crippen MR) is 107 cm³/mol. The average molecular weight is 378 g/mol. The van der Waals surface area contributed by atoms with Crippen molar-refractivity contribution in [3.63, 3.8) is 0 Å². The fraction of sp³-hybridized carbons (Fsp3) is 0.261. The van der Waals surface area contributed by atoms with Crippen LogP contribution in [-0.4, -0.2) is 25.2 Å². The van der Waals surface area contributed by atoms with Crippen molar-refractivity contribution in [3.05, 3.63) is 77.9 Å². The lowest BCUT2D eigenvalue weighted by Crippen LogP contribution is -2.31. The van der Waals surface area contributed by atoms with Crippen molar-refractivity contribution in [3.8, 4) is 22.6 Å². The first kappa shape index (κ1) is 18.4. The molecular formula is C23H23FN2O2. The summed E-state index contributed by atoms with van der Waals surface area (Å²) < 4.78 is 24.9. The Labute approximate surface area is 164 Å². The highest BCUT2D eigenvalue weighted by molar-refractivity contribution is 5.73. The molecule has 2 aromatic carbocycles. The maximum atomic E-state index is 13.3. The van der Waals surface area contributed by atoms with E-state index in [1.807, 2.05) is 30.3 Å². The van der Waals surface area contributed by atoms with Gasteiger partial charge < -0.3 is 14.8 Å². The van der Waals surface area contributed by atoms with Gasteiger partial charge in [0.2, 0.25) is 0 Å². The molecule has 4 nitrogen and oxygen atoms in total. The van der Waals surface area contributed by atoms with Gasteiger partial charge in [-0.15, -0.1) is 0 Å². The van der Waals surface area contributed by atoms with Gasteiger partial charge in [0, 0.05) is 30.8 Å². The second-order valence-corrected chi connectivity index (χ2v) is 6.96. The van der Waals surface area contributed by atoms with Gasteiger partial charge in [0.05, 0.1) is 19.4 Å². The number of benzene rings is 2. The largest absolute Gasteiger partial charge is 0.493 e. The minimum absolute atomic E-state index is 0.237. The molecular weight excluding hydrogens is 355 g/mol. The van der Waals surface area contributed by atoms with Crippen molar-refractivity contribution in [2.45, 2.75) is 13.0 Å². The van der Waals surface area contributed by atoms with Crippen LogP contribution in [0.4, 0.5) is 4.39 Å². The van der Waals surface area contributed by atoms with Gasteiger partial charge in [0.25, 0.3) is 0 Å². The summed E-state index contributed by atoms with van der Waals surface area (Å²) in [6.45, 7) is 2.19. The van der Waals surface area contributed by atoms with Gasteiger partial charge in [0.15, 0.2) is 11.5 Å². The molecule has 1 aliphatic heterocycles. The normalized spacial score (nSPS) is 15.6. The molecule has 1 atom stereocenters. The number of halogens is 1. The van der Waals surface area contributed by atoms with Crippen LogP contribution < -0.4 is 14.8 Å². The van der Waals surface area contributed by atoms with Crippen molar-refractivity contribution in [2.75, 3.05) is 20.3 Å². The first-order chi connectivity index (χ1) is 13.7. The Morgan fingerprint density at radius 2 is 2.00 bits per heavy atom. The second-order valence-electron chi connectivity index (χ2n) is 6.96. The Bertz CT molecular complexity index is 929. The number of pyridine rings is 1. The van der Waals surface area contributed by atoms with E-state index in [1.165, 1.54) is 12.1 Å². The van der Waals surface area contributed by atoms with Crippen LogP contribution in [0.15, 0.2) is 60.8 Å². The molecule has 3 aromatic rings. The molecule has 1 aromatic heterocycles. The number of hydrogen-bond acceptors (Lipinski definition) is 4. The molecule has 0 saturated carbocycles. The molecule has 28 heavy (non-hydrogen) atoms. The summed E-state index contributed by atoms with van der Waals surface area (Å²) in [6, 6.07) is 16.4. The predicted octanol–water partition coefficient (Wildman–Crippen LogP) is 4.24. The first-order valence-electron chi connectivity index (χ1n) is 9.44. The summed E-state index contributed by atoms with van der Waals surface area (Å²) >= 11 is 0. The standard InChI is InChI=1S/C23H23FN2O2/c1-27-22-10-9-20(17-5-7-18(24)8-6-17)21-12-16(15-28-23(21)22)13-25-14-19-4-2-3-11-26-19/h2-11,16,25H,12-15H2,1H3. The zero-order valence-corrected chi connectivity index (χ0v) is 15.8. The summed E-state index contributed by atoms with van der Waals surface area (Å²) in [5.74, 6) is 1.63. The van der Waals surface area contributed by atoms with Crippen LogP contribution >= 0.6 is 0 Å². The topological polar surface area (TPSA) is 43.4 Å². The van der Waals surface area contributed by atoms with Gasteiger partial charge in [-0.3, -0.25) is 4.98 Å². The quantitative estimate of drug-likeness (QED) is 0.697. The summed E-state index contributed by atoms with van der Waals surface area (Å²) in [7, 11) is 1.65. The molecule has 0 saturated heterocycles. The molecule has 1 unspecified atom stereocenters. The molecule has 0 bridgehead atoms. The lowest BCUT2D eigenvalue weighted by molar-refractivity contribution is 0.208. The lowest BCUT2D eigenvalue weighted by atomic mass is 9.89. The van der Waals surface area contributed by atoms with Gasteiger partial charge >= 0.3 is 0 Å². The van der Waals surface area contributed by atoms with E-state index in [2.05, 4.69) is 10.3 Å². The van der Waals surface area contributed by atoms with Gasteiger partial charge in [-0.25, -0.2) is 4.39 Å². The van der Waals surface area contributed by atoms with Crippen molar-refractivity contribution in [2.24, 2.45) is 5.92 Å².